The molecule has 3 rings (SSSR count). The van der Waals surface area contributed by atoms with E-state index >= 15 is 0 Å². The molecule has 2 aromatic carbocycles. The zero-order valence-corrected chi connectivity index (χ0v) is 18.1. The number of likely N-dealkylation sites (tertiary alicyclic amines) is 1. The first-order valence-corrected chi connectivity index (χ1v) is 10.9. The van der Waals surface area contributed by atoms with Crippen molar-refractivity contribution in [1.82, 2.24) is 9.80 Å². The summed E-state index contributed by atoms with van der Waals surface area (Å²) in [6, 6.07) is 20.4. The number of rotatable bonds is 10. The van der Waals surface area contributed by atoms with Gasteiger partial charge in [0.25, 0.3) is 0 Å². The number of benzene rings is 2. The van der Waals surface area contributed by atoms with Gasteiger partial charge in [-0.25, -0.2) is 0 Å². The molecule has 2 N–H and O–H groups in total. The summed E-state index contributed by atoms with van der Waals surface area (Å²) in [5.41, 5.74) is 1.34. The molecule has 0 spiro atoms. The van der Waals surface area contributed by atoms with Crippen molar-refractivity contribution in [3.05, 3.63) is 71.8 Å². The van der Waals surface area contributed by atoms with Gasteiger partial charge in [-0.3, -0.25) is 9.69 Å². The van der Waals surface area contributed by atoms with Crippen LogP contribution in [-0.4, -0.2) is 71.4 Å². The van der Waals surface area contributed by atoms with E-state index in [0.29, 0.717) is 19.6 Å². The molecule has 1 aliphatic rings. The molecule has 1 fully saturated rings. The fraction of sp³-hybridized carbons (Fsp3) is 0.480. The highest BCUT2D eigenvalue weighted by atomic mass is 16.3. The van der Waals surface area contributed by atoms with Gasteiger partial charge in [-0.15, -0.1) is 0 Å². The minimum Gasteiger partial charge on any atom is -0.395 e. The maximum absolute atomic E-state index is 14.0. The Kier molecular flexibility index (Phi) is 7.64. The van der Waals surface area contributed by atoms with Crippen molar-refractivity contribution in [1.29, 1.82) is 0 Å². The van der Waals surface area contributed by atoms with E-state index in [4.69, 9.17) is 0 Å². The van der Waals surface area contributed by atoms with Crippen molar-refractivity contribution < 1.29 is 15.0 Å². The number of amides is 1. The van der Waals surface area contributed by atoms with E-state index in [9.17, 15) is 15.0 Å². The first-order chi connectivity index (χ1) is 14.6. The fourth-order valence-corrected chi connectivity index (χ4v) is 4.86. The monoisotopic (exact) mass is 410 g/mol. The number of aliphatic hydroxyl groups excluding tert-OH is 2. The quantitative estimate of drug-likeness (QED) is 0.632. The highest BCUT2D eigenvalue weighted by Crippen LogP contribution is 2.47. The van der Waals surface area contributed by atoms with Crippen LogP contribution in [0.5, 0.6) is 0 Å². The molecule has 1 heterocycles. The molecule has 0 saturated carbocycles. The second kappa shape index (κ2) is 10.2. The Bertz CT molecular complexity index is 749. The molecule has 1 amide bonds. The average molecular weight is 411 g/mol. The number of nitrogens with zero attached hydrogens (tertiary/aromatic N) is 2. The van der Waals surface area contributed by atoms with Crippen molar-refractivity contribution >= 4 is 5.91 Å². The van der Waals surface area contributed by atoms with Crippen molar-refractivity contribution in [2.45, 2.75) is 31.7 Å². The number of carbonyl (C=O) groups is 1. The Morgan fingerprint density at radius 2 is 1.43 bits per heavy atom. The van der Waals surface area contributed by atoms with Crippen molar-refractivity contribution in [3.63, 3.8) is 0 Å². The minimum absolute atomic E-state index is 0.0598. The van der Waals surface area contributed by atoms with Crippen molar-refractivity contribution in [3.8, 4) is 0 Å². The fourth-order valence-electron chi connectivity index (χ4n) is 4.86. The van der Waals surface area contributed by atoms with Gasteiger partial charge in [-0.1, -0.05) is 60.7 Å². The molecule has 1 aliphatic heterocycles. The van der Waals surface area contributed by atoms with Gasteiger partial charge >= 0.3 is 0 Å². The smallest absolute Gasteiger partial charge is 0.238 e. The Morgan fingerprint density at radius 1 is 0.933 bits per heavy atom. The van der Waals surface area contributed by atoms with Gasteiger partial charge in [0.05, 0.1) is 13.2 Å². The summed E-state index contributed by atoms with van der Waals surface area (Å²) < 4.78 is 0. The third-order valence-electron chi connectivity index (χ3n) is 6.34. The summed E-state index contributed by atoms with van der Waals surface area (Å²) in [5.74, 6) is 0.257. The molecule has 0 radical (unpaired) electrons. The topological polar surface area (TPSA) is 64.0 Å². The molecule has 0 bridgehead atoms. The van der Waals surface area contributed by atoms with Crippen LogP contribution in [0.4, 0.5) is 0 Å². The number of hydrogen-bond acceptors (Lipinski definition) is 4. The zero-order chi connectivity index (χ0) is 21.6. The summed E-state index contributed by atoms with van der Waals surface area (Å²) in [6.07, 6.45) is 0.804. The molecule has 162 valence electrons. The van der Waals surface area contributed by atoms with Gasteiger partial charge in [-0.2, -0.15) is 0 Å². The number of hydrogen-bond donors (Lipinski definition) is 2. The molecular formula is C25H34N2O3. The van der Waals surface area contributed by atoms with Gasteiger partial charge in [-0.05, 0) is 37.9 Å². The van der Waals surface area contributed by atoms with Crippen LogP contribution in [0.15, 0.2) is 60.7 Å². The summed E-state index contributed by atoms with van der Waals surface area (Å²) in [7, 11) is 0. The average Bonchev–Trinajstić information content (AvgIpc) is 3.07. The van der Waals surface area contributed by atoms with Crippen LogP contribution in [0.1, 0.15) is 31.4 Å². The first-order valence-electron chi connectivity index (χ1n) is 10.9. The van der Waals surface area contributed by atoms with Gasteiger partial charge in [0, 0.05) is 31.6 Å². The van der Waals surface area contributed by atoms with Gasteiger partial charge < -0.3 is 15.1 Å². The normalized spacial score (nSPS) is 18.5. The molecule has 0 unspecified atom stereocenters. The van der Waals surface area contributed by atoms with Gasteiger partial charge in [0.1, 0.15) is 5.41 Å². The van der Waals surface area contributed by atoms with Crippen molar-refractivity contribution in [2.75, 3.05) is 39.4 Å². The number of aliphatic hydroxyl groups is 2. The second-order valence-corrected chi connectivity index (χ2v) is 8.37. The molecule has 0 aromatic heterocycles. The van der Waals surface area contributed by atoms with E-state index < -0.39 is 5.41 Å². The van der Waals surface area contributed by atoms with E-state index in [2.05, 4.69) is 43.0 Å². The van der Waals surface area contributed by atoms with E-state index in [1.165, 1.54) is 0 Å². The van der Waals surface area contributed by atoms with Gasteiger partial charge in [0.15, 0.2) is 0 Å². The lowest BCUT2D eigenvalue weighted by Gasteiger charge is -2.35. The molecule has 5 heteroatoms. The summed E-state index contributed by atoms with van der Waals surface area (Å²) in [5, 5.41) is 18.8. The minimum atomic E-state index is -0.725. The Balaban J connectivity index is 2.06. The van der Waals surface area contributed by atoms with E-state index in [0.717, 1.165) is 24.1 Å². The molecule has 0 aliphatic carbocycles. The first kappa shape index (κ1) is 22.5. The maximum Gasteiger partial charge on any atom is 0.238 e. The predicted molar refractivity (Wildman–Crippen MR) is 119 cm³/mol. The van der Waals surface area contributed by atoms with Crippen LogP contribution in [-0.2, 0) is 10.2 Å². The second-order valence-electron chi connectivity index (χ2n) is 8.37. The maximum atomic E-state index is 14.0. The van der Waals surface area contributed by atoms with Crippen LogP contribution in [0, 0.1) is 5.92 Å². The lowest BCUT2D eigenvalue weighted by atomic mass is 9.66. The van der Waals surface area contributed by atoms with Crippen LogP contribution in [0.2, 0.25) is 0 Å². The van der Waals surface area contributed by atoms with Crippen LogP contribution in [0.25, 0.3) is 0 Å². The third kappa shape index (κ3) is 4.29. The largest absolute Gasteiger partial charge is 0.395 e. The Morgan fingerprint density at radius 3 is 1.87 bits per heavy atom. The van der Waals surface area contributed by atoms with E-state index in [-0.39, 0.29) is 31.1 Å². The van der Waals surface area contributed by atoms with E-state index in [1.807, 2.05) is 41.3 Å². The zero-order valence-electron chi connectivity index (χ0n) is 18.1. The SMILES string of the molecule is CC(C)N1C[C@@H](CCN(CCO)CCO)C(c2ccccc2)(c2ccccc2)C1=O. The lowest BCUT2D eigenvalue weighted by molar-refractivity contribution is -0.132. The molecule has 1 atom stereocenters. The Hall–Kier alpha value is -2.21. The lowest BCUT2D eigenvalue weighted by Crippen LogP contribution is -2.44. The van der Waals surface area contributed by atoms with Crippen LogP contribution >= 0.6 is 0 Å². The molecule has 5 nitrogen and oxygen atoms in total. The highest BCUT2D eigenvalue weighted by Gasteiger charge is 2.56. The molecular weight excluding hydrogens is 376 g/mol. The van der Waals surface area contributed by atoms with Crippen molar-refractivity contribution in [2.24, 2.45) is 5.92 Å². The standard InChI is InChI=1S/C25H34N2O3/c1-20(2)27-19-23(13-14-26(15-17-28)16-18-29)25(24(27)30,21-9-5-3-6-10-21)22-11-7-4-8-12-22/h3-12,20,23,28-29H,13-19H2,1-2H3/t23-/m1/s1. The summed E-state index contributed by atoms with van der Waals surface area (Å²) in [4.78, 5) is 18.1. The van der Waals surface area contributed by atoms with E-state index in [1.54, 1.807) is 0 Å². The Labute approximate surface area is 179 Å². The molecule has 2 aromatic rings. The highest BCUT2D eigenvalue weighted by molar-refractivity contribution is 5.95. The predicted octanol–water partition coefficient (Wildman–Crippen LogP) is 2.52. The molecule has 1 saturated heterocycles. The van der Waals surface area contributed by atoms with Crippen LogP contribution < -0.4 is 0 Å². The number of carbonyl (C=O) groups excluding carboxylic acids is 1. The third-order valence-corrected chi connectivity index (χ3v) is 6.34. The summed E-state index contributed by atoms with van der Waals surface area (Å²) in [6.45, 7) is 6.75. The van der Waals surface area contributed by atoms with Gasteiger partial charge in [0.2, 0.25) is 5.91 Å². The molecule has 30 heavy (non-hydrogen) atoms. The van der Waals surface area contributed by atoms with Crippen LogP contribution in [0.3, 0.4) is 0 Å². The summed E-state index contributed by atoms with van der Waals surface area (Å²) >= 11 is 0.